The van der Waals surface area contributed by atoms with E-state index >= 15 is 0 Å². The fourth-order valence-corrected chi connectivity index (χ4v) is 4.26. The van der Waals surface area contributed by atoms with E-state index in [1.165, 1.54) is 15.8 Å². The summed E-state index contributed by atoms with van der Waals surface area (Å²) in [7, 11) is 0. The number of carbonyl (C=O) groups is 1. The third kappa shape index (κ3) is 3.88. The van der Waals surface area contributed by atoms with E-state index in [0.717, 1.165) is 28.2 Å². The summed E-state index contributed by atoms with van der Waals surface area (Å²) in [4.78, 5) is 17.7. The molecule has 0 aliphatic rings. The summed E-state index contributed by atoms with van der Waals surface area (Å²) in [5, 5.41) is 0. The van der Waals surface area contributed by atoms with E-state index in [0.29, 0.717) is 13.0 Å². The third-order valence-electron chi connectivity index (χ3n) is 4.24. The fraction of sp³-hybridized carbons (Fsp3) is 0.333. The maximum absolute atomic E-state index is 12.5. The minimum Gasteiger partial charge on any atom is -0.494 e. The Morgan fingerprint density at radius 3 is 2.54 bits per heavy atom. The van der Waals surface area contributed by atoms with Gasteiger partial charge in [0.1, 0.15) is 5.75 Å². The Hall–Kier alpha value is -2.40. The normalized spacial score (nSPS) is 11.9. The van der Waals surface area contributed by atoms with Gasteiger partial charge in [0, 0.05) is 6.54 Å². The summed E-state index contributed by atoms with van der Waals surface area (Å²) in [6.07, 6.45) is 0.294. The predicted molar refractivity (Wildman–Crippen MR) is 107 cm³/mol. The van der Waals surface area contributed by atoms with Gasteiger partial charge < -0.3 is 9.30 Å². The number of hydrogen-bond acceptors (Lipinski definition) is 3. The quantitative estimate of drug-likeness (QED) is 0.669. The molecule has 1 amide bonds. The minimum absolute atomic E-state index is 0.128. The van der Waals surface area contributed by atoms with E-state index in [2.05, 4.69) is 42.5 Å². The summed E-state index contributed by atoms with van der Waals surface area (Å²) < 4.78 is 8.76. The molecule has 0 N–H and O–H groups in total. The highest BCUT2D eigenvalue weighted by molar-refractivity contribution is 7.16. The number of ether oxygens (including phenoxy) is 1. The number of aryl methyl sites for hydroxylation is 3. The molecule has 0 atom stereocenters. The Labute approximate surface area is 157 Å². The van der Waals surface area contributed by atoms with Crippen LogP contribution in [0.5, 0.6) is 5.75 Å². The number of thiazole rings is 1. The molecular weight excluding hydrogens is 344 g/mol. The molecule has 0 saturated carbocycles. The van der Waals surface area contributed by atoms with Crippen LogP contribution in [-0.4, -0.2) is 17.1 Å². The maximum Gasteiger partial charge on any atom is 0.252 e. The van der Waals surface area contributed by atoms with Crippen molar-refractivity contribution in [2.24, 2.45) is 4.99 Å². The standard InChI is InChI=1S/C21H24N2O2S/c1-5-23-18-12-14(3)11-15(4)20(18)26-21(23)22-19(24)13-16-7-9-17(10-8-16)25-6-2/h7-12H,5-6,13H2,1-4H3. The van der Waals surface area contributed by atoms with Gasteiger partial charge in [0.2, 0.25) is 0 Å². The summed E-state index contributed by atoms with van der Waals surface area (Å²) in [5.41, 5.74) is 4.55. The number of fused-ring (bicyclic) bond motifs is 1. The first-order chi connectivity index (χ1) is 12.5. The number of carbonyl (C=O) groups excluding carboxylic acids is 1. The molecule has 3 aromatic rings. The molecule has 136 valence electrons. The number of nitrogens with zero attached hydrogens (tertiary/aromatic N) is 2. The number of benzene rings is 2. The van der Waals surface area contributed by atoms with Crippen LogP contribution in [0.15, 0.2) is 41.4 Å². The maximum atomic E-state index is 12.5. The second-order valence-electron chi connectivity index (χ2n) is 6.32. The van der Waals surface area contributed by atoms with E-state index in [1.807, 2.05) is 31.2 Å². The predicted octanol–water partition coefficient (Wildman–Crippen LogP) is 4.41. The molecule has 3 rings (SSSR count). The molecule has 0 aliphatic carbocycles. The highest BCUT2D eigenvalue weighted by Crippen LogP contribution is 2.23. The average Bonchev–Trinajstić information content (AvgIpc) is 2.94. The number of amides is 1. The summed E-state index contributed by atoms with van der Waals surface area (Å²) in [5.74, 6) is 0.692. The van der Waals surface area contributed by atoms with E-state index < -0.39 is 0 Å². The van der Waals surface area contributed by atoms with Crippen molar-refractivity contribution in [1.29, 1.82) is 0 Å². The molecule has 26 heavy (non-hydrogen) atoms. The lowest BCUT2D eigenvalue weighted by Gasteiger charge is -2.04. The van der Waals surface area contributed by atoms with Crippen molar-refractivity contribution in [3.05, 3.63) is 57.9 Å². The fourth-order valence-electron chi connectivity index (χ4n) is 3.09. The largest absolute Gasteiger partial charge is 0.494 e. The monoisotopic (exact) mass is 368 g/mol. The van der Waals surface area contributed by atoms with Crippen LogP contribution in [0.3, 0.4) is 0 Å². The zero-order chi connectivity index (χ0) is 18.7. The van der Waals surface area contributed by atoms with Gasteiger partial charge in [-0.2, -0.15) is 4.99 Å². The number of aromatic nitrogens is 1. The molecule has 4 nitrogen and oxygen atoms in total. The molecule has 0 bridgehead atoms. The molecule has 1 heterocycles. The summed E-state index contributed by atoms with van der Waals surface area (Å²) in [6.45, 7) is 9.66. The Morgan fingerprint density at radius 1 is 1.15 bits per heavy atom. The molecule has 2 aromatic carbocycles. The molecule has 0 aliphatic heterocycles. The van der Waals surface area contributed by atoms with Gasteiger partial charge in [-0.05, 0) is 62.6 Å². The average molecular weight is 369 g/mol. The van der Waals surface area contributed by atoms with Gasteiger partial charge in [0.25, 0.3) is 5.91 Å². The van der Waals surface area contributed by atoms with Crippen molar-refractivity contribution >= 4 is 27.5 Å². The lowest BCUT2D eigenvalue weighted by molar-refractivity contribution is -0.117. The summed E-state index contributed by atoms with van der Waals surface area (Å²) in [6, 6.07) is 12.0. The van der Waals surface area contributed by atoms with Crippen LogP contribution in [0.1, 0.15) is 30.5 Å². The lowest BCUT2D eigenvalue weighted by Crippen LogP contribution is -2.16. The topological polar surface area (TPSA) is 43.6 Å². The van der Waals surface area contributed by atoms with E-state index in [-0.39, 0.29) is 5.91 Å². The second kappa shape index (κ2) is 7.87. The Bertz CT molecular complexity index is 997. The smallest absolute Gasteiger partial charge is 0.252 e. The first-order valence-electron chi connectivity index (χ1n) is 8.91. The van der Waals surface area contributed by atoms with Crippen LogP contribution in [-0.2, 0) is 17.8 Å². The Balaban J connectivity index is 1.91. The minimum atomic E-state index is -0.128. The van der Waals surface area contributed by atoms with Crippen molar-refractivity contribution in [2.45, 2.75) is 40.7 Å². The lowest BCUT2D eigenvalue weighted by atomic mass is 10.1. The van der Waals surface area contributed by atoms with Gasteiger partial charge in [-0.1, -0.05) is 29.5 Å². The van der Waals surface area contributed by atoms with Gasteiger partial charge in [-0.15, -0.1) is 0 Å². The molecule has 0 spiro atoms. The molecule has 1 aromatic heterocycles. The Morgan fingerprint density at radius 2 is 1.88 bits per heavy atom. The van der Waals surface area contributed by atoms with Crippen molar-refractivity contribution < 1.29 is 9.53 Å². The molecular formula is C21H24N2O2S. The van der Waals surface area contributed by atoms with E-state index in [9.17, 15) is 4.79 Å². The van der Waals surface area contributed by atoms with Crippen LogP contribution < -0.4 is 9.54 Å². The van der Waals surface area contributed by atoms with Gasteiger partial charge in [0.05, 0.1) is 23.2 Å². The van der Waals surface area contributed by atoms with Gasteiger partial charge in [-0.3, -0.25) is 4.79 Å². The number of rotatable bonds is 5. The first-order valence-corrected chi connectivity index (χ1v) is 9.73. The number of hydrogen-bond donors (Lipinski definition) is 0. The van der Waals surface area contributed by atoms with E-state index in [1.54, 1.807) is 11.3 Å². The zero-order valence-electron chi connectivity index (χ0n) is 15.7. The van der Waals surface area contributed by atoms with Crippen molar-refractivity contribution in [3.8, 4) is 5.75 Å². The molecule has 0 fully saturated rings. The van der Waals surface area contributed by atoms with Crippen LogP contribution in [0.2, 0.25) is 0 Å². The molecule has 5 heteroatoms. The van der Waals surface area contributed by atoms with Gasteiger partial charge in [-0.25, -0.2) is 0 Å². The molecule has 0 saturated heterocycles. The first kappa shape index (κ1) is 18.4. The second-order valence-corrected chi connectivity index (χ2v) is 7.30. The third-order valence-corrected chi connectivity index (χ3v) is 5.47. The highest BCUT2D eigenvalue weighted by atomic mass is 32.1. The van der Waals surface area contributed by atoms with Crippen molar-refractivity contribution in [2.75, 3.05) is 6.61 Å². The highest BCUT2D eigenvalue weighted by Gasteiger charge is 2.10. The molecule has 0 radical (unpaired) electrons. The van der Waals surface area contributed by atoms with Crippen molar-refractivity contribution in [1.82, 2.24) is 4.57 Å². The zero-order valence-corrected chi connectivity index (χ0v) is 16.5. The van der Waals surface area contributed by atoms with E-state index in [4.69, 9.17) is 4.74 Å². The van der Waals surface area contributed by atoms with Crippen LogP contribution in [0.25, 0.3) is 10.2 Å². The Kier molecular flexibility index (Phi) is 5.57. The SMILES string of the molecule is CCOc1ccc(CC(=O)N=c2sc3c(C)cc(C)cc3n2CC)cc1. The van der Waals surface area contributed by atoms with Crippen LogP contribution in [0, 0.1) is 13.8 Å². The van der Waals surface area contributed by atoms with Crippen LogP contribution >= 0.6 is 11.3 Å². The van der Waals surface area contributed by atoms with Gasteiger partial charge in [0.15, 0.2) is 4.80 Å². The summed E-state index contributed by atoms with van der Waals surface area (Å²) >= 11 is 1.59. The van der Waals surface area contributed by atoms with Crippen LogP contribution in [0.4, 0.5) is 0 Å². The van der Waals surface area contributed by atoms with Gasteiger partial charge >= 0.3 is 0 Å². The van der Waals surface area contributed by atoms with Crippen molar-refractivity contribution in [3.63, 3.8) is 0 Å². The molecule has 0 unspecified atom stereocenters.